The Labute approximate surface area is 144 Å². The van der Waals surface area contributed by atoms with Crippen molar-refractivity contribution in [3.63, 3.8) is 0 Å². The smallest absolute Gasteiger partial charge is 0.414 e. The number of ether oxygens (including phenoxy) is 1. The van der Waals surface area contributed by atoms with Gasteiger partial charge in [0.25, 0.3) is 0 Å². The van der Waals surface area contributed by atoms with Crippen LogP contribution in [0.1, 0.15) is 17.8 Å². The Hall–Kier alpha value is -2.54. The molecule has 2 aromatic rings. The van der Waals surface area contributed by atoms with Crippen LogP contribution in [0.25, 0.3) is 0 Å². The summed E-state index contributed by atoms with van der Waals surface area (Å²) >= 11 is 1.63. The Kier molecular flexibility index (Phi) is 4.71. The highest BCUT2D eigenvalue weighted by atomic mass is 32.1. The van der Waals surface area contributed by atoms with Crippen molar-refractivity contribution in [1.82, 2.24) is 4.90 Å². The van der Waals surface area contributed by atoms with E-state index in [9.17, 15) is 9.59 Å². The second kappa shape index (κ2) is 6.92. The molecule has 0 spiro atoms. The SMILES string of the molecule is C[C@@H](c1cccs1)N(C)C(=O)Nc1ccc(N2CCOC2=O)cc1. The Morgan fingerprint density at radius 1 is 1.33 bits per heavy atom. The molecular weight excluding hydrogens is 326 g/mol. The molecule has 1 aliphatic rings. The van der Waals surface area contributed by atoms with Gasteiger partial charge in [-0.2, -0.15) is 0 Å². The molecule has 1 N–H and O–H groups in total. The van der Waals surface area contributed by atoms with Crippen LogP contribution in [0.5, 0.6) is 0 Å². The number of thiophene rings is 1. The zero-order valence-corrected chi connectivity index (χ0v) is 14.4. The molecule has 6 nitrogen and oxygen atoms in total. The number of benzene rings is 1. The average molecular weight is 345 g/mol. The number of nitrogens with zero attached hydrogens (tertiary/aromatic N) is 2. The lowest BCUT2D eigenvalue weighted by molar-refractivity contribution is 0.181. The van der Waals surface area contributed by atoms with Crippen molar-refractivity contribution >= 4 is 34.8 Å². The fraction of sp³-hybridized carbons (Fsp3) is 0.294. The molecule has 24 heavy (non-hydrogen) atoms. The van der Waals surface area contributed by atoms with E-state index in [1.54, 1.807) is 52.4 Å². The number of amides is 3. The summed E-state index contributed by atoms with van der Waals surface area (Å²) in [4.78, 5) is 28.3. The number of carbonyl (C=O) groups excluding carboxylic acids is 2. The molecule has 3 amide bonds. The van der Waals surface area contributed by atoms with Gasteiger partial charge in [0.15, 0.2) is 0 Å². The van der Waals surface area contributed by atoms with E-state index < -0.39 is 0 Å². The lowest BCUT2D eigenvalue weighted by atomic mass is 10.2. The van der Waals surface area contributed by atoms with E-state index in [4.69, 9.17) is 4.74 Å². The predicted molar refractivity (Wildman–Crippen MR) is 94.7 cm³/mol. The quantitative estimate of drug-likeness (QED) is 0.913. The van der Waals surface area contributed by atoms with Crippen LogP contribution in [0.2, 0.25) is 0 Å². The van der Waals surface area contributed by atoms with Gasteiger partial charge in [-0.25, -0.2) is 9.59 Å². The molecule has 3 rings (SSSR count). The molecule has 7 heteroatoms. The summed E-state index contributed by atoms with van der Waals surface area (Å²) in [7, 11) is 1.77. The van der Waals surface area contributed by atoms with Crippen molar-refractivity contribution < 1.29 is 14.3 Å². The summed E-state index contributed by atoms with van der Waals surface area (Å²) < 4.78 is 4.92. The fourth-order valence-corrected chi connectivity index (χ4v) is 3.29. The van der Waals surface area contributed by atoms with Gasteiger partial charge in [0.05, 0.1) is 12.6 Å². The molecule has 2 heterocycles. The highest BCUT2D eigenvalue weighted by molar-refractivity contribution is 7.10. The van der Waals surface area contributed by atoms with Gasteiger partial charge in [-0.3, -0.25) is 4.90 Å². The van der Waals surface area contributed by atoms with Crippen LogP contribution in [-0.2, 0) is 4.74 Å². The molecule has 0 bridgehead atoms. The zero-order valence-electron chi connectivity index (χ0n) is 13.6. The third-order valence-electron chi connectivity index (χ3n) is 4.05. The summed E-state index contributed by atoms with van der Waals surface area (Å²) in [5.74, 6) is 0. The predicted octanol–water partition coefficient (Wildman–Crippen LogP) is 3.93. The van der Waals surface area contributed by atoms with Crippen molar-refractivity contribution in [2.45, 2.75) is 13.0 Å². The number of carbonyl (C=O) groups is 2. The summed E-state index contributed by atoms with van der Waals surface area (Å²) in [5.41, 5.74) is 1.44. The number of anilines is 2. The molecule has 1 atom stereocenters. The Bertz CT molecular complexity index is 715. The molecule has 1 aliphatic heterocycles. The molecule has 0 aliphatic carbocycles. The van der Waals surface area contributed by atoms with Crippen molar-refractivity contribution in [1.29, 1.82) is 0 Å². The zero-order chi connectivity index (χ0) is 17.1. The van der Waals surface area contributed by atoms with E-state index in [0.717, 1.165) is 10.6 Å². The van der Waals surface area contributed by atoms with Crippen LogP contribution < -0.4 is 10.2 Å². The van der Waals surface area contributed by atoms with Gasteiger partial charge in [-0.1, -0.05) is 6.07 Å². The molecule has 1 saturated heterocycles. The van der Waals surface area contributed by atoms with Crippen LogP contribution in [-0.4, -0.2) is 37.2 Å². The second-order valence-corrected chi connectivity index (χ2v) is 6.52. The summed E-state index contributed by atoms with van der Waals surface area (Å²) in [5, 5.41) is 4.87. The molecule has 0 unspecified atom stereocenters. The maximum atomic E-state index is 12.4. The first kappa shape index (κ1) is 16.3. The van der Waals surface area contributed by atoms with Gasteiger partial charge < -0.3 is 15.0 Å². The summed E-state index contributed by atoms with van der Waals surface area (Å²) in [6, 6.07) is 11.0. The van der Waals surface area contributed by atoms with Gasteiger partial charge >= 0.3 is 12.1 Å². The first-order valence-corrected chi connectivity index (χ1v) is 8.56. The minimum Gasteiger partial charge on any atom is -0.447 e. The van der Waals surface area contributed by atoms with Crippen LogP contribution in [0.15, 0.2) is 41.8 Å². The van der Waals surface area contributed by atoms with Crippen molar-refractivity contribution in [2.75, 3.05) is 30.4 Å². The van der Waals surface area contributed by atoms with Crippen LogP contribution in [0.3, 0.4) is 0 Å². The molecule has 0 radical (unpaired) electrons. The molecular formula is C17H19N3O3S. The fourth-order valence-electron chi connectivity index (χ4n) is 2.46. The lowest BCUT2D eigenvalue weighted by Crippen LogP contribution is -2.33. The molecule has 1 aromatic heterocycles. The van der Waals surface area contributed by atoms with Gasteiger partial charge in [0.1, 0.15) is 6.61 Å². The highest BCUT2D eigenvalue weighted by Gasteiger charge is 2.23. The number of urea groups is 1. The minimum absolute atomic E-state index is 0.00337. The number of nitrogens with one attached hydrogen (secondary N) is 1. The monoisotopic (exact) mass is 345 g/mol. The van der Waals surface area contributed by atoms with Crippen LogP contribution in [0, 0.1) is 0 Å². The van der Waals surface area contributed by atoms with Crippen molar-refractivity contribution in [3.05, 3.63) is 46.7 Å². The van der Waals surface area contributed by atoms with E-state index in [2.05, 4.69) is 5.32 Å². The largest absolute Gasteiger partial charge is 0.447 e. The topological polar surface area (TPSA) is 61.9 Å². The van der Waals surface area contributed by atoms with Gasteiger partial charge in [-0.05, 0) is 42.6 Å². The lowest BCUT2D eigenvalue weighted by Gasteiger charge is -2.24. The second-order valence-electron chi connectivity index (χ2n) is 5.55. The van der Waals surface area contributed by atoms with E-state index in [-0.39, 0.29) is 18.2 Å². The molecule has 0 saturated carbocycles. The molecule has 1 fully saturated rings. The minimum atomic E-state index is -0.337. The Morgan fingerprint density at radius 3 is 2.67 bits per heavy atom. The number of hydrogen-bond donors (Lipinski definition) is 1. The standard InChI is InChI=1S/C17H19N3O3S/c1-12(15-4-3-11-24-15)19(2)16(21)18-13-5-7-14(8-6-13)20-9-10-23-17(20)22/h3-8,11-12H,9-10H2,1-2H3,(H,18,21)/t12-/m0/s1. The summed E-state index contributed by atoms with van der Waals surface area (Å²) in [6.45, 7) is 2.95. The van der Waals surface area contributed by atoms with E-state index in [1.807, 2.05) is 24.4 Å². The summed E-state index contributed by atoms with van der Waals surface area (Å²) in [6.07, 6.45) is -0.337. The highest BCUT2D eigenvalue weighted by Crippen LogP contribution is 2.25. The normalized spacial score (nSPS) is 15.1. The van der Waals surface area contributed by atoms with E-state index in [0.29, 0.717) is 18.8 Å². The van der Waals surface area contributed by atoms with Crippen LogP contribution >= 0.6 is 11.3 Å². The first-order valence-electron chi connectivity index (χ1n) is 7.68. The Morgan fingerprint density at radius 2 is 2.08 bits per heavy atom. The maximum absolute atomic E-state index is 12.4. The molecule has 126 valence electrons. The number of cyclic esters (lactones) is 1. The molecule has 1 aromatic carbocycles. The third-order valence-corrected chi connectivity index (χ3v) is 5.09. The van der Waals surface area contributed by atoms with E-state index >= 15 is 0 Å². The number of hydrogen-bond acceptors (Lipinski definition) is 4. The maximum Gasteiger partial charge on any atom is 0.414 e. The van der Waals surface area contributed by atoms with E-state index in [1.165, 1.54) is 0 Å². The van der Waals surface area contributed by atoms with Crippen LogP contribution in [0.4, 0.5) is 21.0 Å². The van der Waals surface area contributed by atoms with Gasteiger partial charge in [-0.15, -0.1) is 11.3 Å². The first-order chi connectivity index (χ1) is 11.6. The van der Waals surface area contributed by atoms with Crippen molar-refractivity contribution in [2.24, 2.45) is 0 Å². The van der Waals surface area contributed by atoms with Gasteiger partial charge in [0.2, 0.25) is 0 Å². The van der Waals surface area contributed by atoms with Gasteiger partial charge in [0, 0.05) is 23.3 Å². The Balaban J connectivity index is 1.63. The number of rotatable bonds is 4. The average Bonchev–Trinajstić information content (AvgIpc) is 3.26. The van der Waals surface area contributed by atoms with Crippen molar-refractivity contribution in [3.8, 4) is 0 Å². The third kappa shape index (κ3) is 3.35.